The van der Waals surface area contributed by atoms with E-state index < -0.39 is 16.7 Å². The van der Waals surface area contributed by atoms with Crippen molar-refractivity contribution >= 4 is 52.1 Å². The number of halogens is 2. The maximum Gasteiger partial charge on any atom is 0.433 e. The molecule has 0 atom stereocenters. The van der Waals surface area contributed by atoms with E-state index in [1.54, 1.807) is 42.5 Å². The van der Waals surface area contributed by atoms with Crippen LogP contribution in [0.3, 0.4) is 0 Å². The summed E-state index contributed by atoms with van der Waals surface area (Å²) in [6.07, 6.45) is 1.17. The molecule has 0 radical (unpaired) electrons. The van der Waals surface area contributed by atoms with Crippen LogP contribution in [0.1, 0.15) is 16.1 Å². The number of rotatable bonds is 5. The van der Waals surface area contributed by atoms with Crippen molar-refractivity contribution in [2.75, 3.05) is 0 Å². The number of hydrogen-bond donors (Lipinski definition) is 1. The Labute approximate surface area is 185 Å². The lowest BCUT2D eigenvalue weighted by atomic mass is 10.0. The molecule has 0 saturated carbocycles. The average Bonchev–Trinajstić information content (AvgIpc) is 3.22. The first-order chi connectivity index (χ1) is 14.9. The smallest absolute Gasteiger partial charge is 0.400 e. The quantitative estimate of drug-likeness (QED) is 0.244. The lowest BCUT2D eigenvalue weighted by molar-refractivity contribution is -0.402. The Balaban J connectivity index is 1.67. The van der Waals surface area contributed by atoms with E-state index in [1.807, 2.05) is 6.07 Å². The molecular weight excluding hydrogens is 443 g/mol. The number of nitro groups is 1. The molecule has 1 N–H and O–H groups in total. The molecule has 4 aromatic rings. The van der Waals surface area contributed by atoms with Gasteiger partial charge in [-0.1, -0.05) is 41.4 Å². The summed E-state index contributed by atoms with van der Waals surface area (Å²) in [6, 6.07) is 16.3. The normalized spacial score (nSPS) is 11.2. The summed E-state index contributed by atoms with van der Waals surface area (Å²) in [5.74, 6) is -0.792. The molecule has 31 heavy (non-hydrogen) atoms. The van der Waals surface area contributed by atoms with Gasteiger partial charge < -0.3 is 4.42 Å². The third-order valence-corrected chi connectivity index (χ3v) is 4.87. The lowest BCUT2D eigenvalue weighted by Crippen LogP contribution is -2.18. The molecular formula is C21H12Cl2N4O4. The summed E-state index contributed by atoms with van der Waals surface area (Å²) in [5, 5.41) is 16.0. The van der Waals surface area contributed by atoms with Crippen LogP contribution in [-0.2, 0) is 0 Å². The molecule has 0 unspecified atom stereocenters. The van der Waals surface area contributed by atoms with Crippen LogP contribution in [0, 0.1) is 10.1 Å². The fourth-order valence-electron chi connectivity index (χ4n) is 2.92. The number of carbonyl (C=O) groups excluding carboxylic acids is 1. The van der Waals surface area contributed by atoms with Crippen LogP contribution in [0.25, 0.3) is 22.2 Å². The van der Waals surface area contributed by atoms with Gasteiger partial charge in [0.25, 0.3) is 5.91 Å². The Hall–Kier alpha value is -3.75. The predicted octanol–water partition coefficient (Wildman–Crippen LogP) is 5.47. The number of nitrogens with zero attached hydrogens (tertiary/aromatic N) is 3. The molecule has 0 fully saturated rings. The zero-order chi connectivity index (χ0) is 22.0. The first kappa shape index (κ1) is 20.5. The highest BCUT2D eigenvalue weighted by Gasteiger charge is 2.15. The number of pyridine rings is 1. The molecule has 2 heterocycles. The number of para-hydroxylation sites is 1. The number of furan rings is 1. The zero-order valence-corrected chi connectivity index (χ0v) is 17.1. The van der Waals surface area contributed by atoms with Gasteiger partial charge in [-0.25, -0.2) is 10.4 Å². The highest BCUT2D eigenvalue weighted by Crippen LogP contribution is 2.31. The Bertz CT molecular complexity index is 1350. The second-order valence-corrected chi connectivity index (χ2v) is 7.17. The summed E-state index contributed by atoms with van der Waals surface area (Å²) < 4.78 is 4.97. The van der Waals surface area contributed by atoms with Crippen LogP contribution in [0.15, 0.2) is 70.2 Å². The molecule has 0 aliphatic carbocycles. The van der Waals surface area contributed by atoms with Crippen molar-refractivity contribution in [1.82, 2.24) is 10.4 Å². The first-order valence-electron chi connectivity index (χ1n) is 8.85. The molecule has 0 aliphatic heterocycles. The summed E-state index contributed by atoms with van der Waals surface area (Å²) in [7, 11) is 0. The molecule has 0 bridgehead atoms. The number of nitrogens with one attached hydrogen (secondary N) is 1. The Morgan fingerprint density at radius 3 is 2.68 bits per heavy atom. The zero-order valence-electron chi connectivity index (χ0n) is 15.6. The van der Waals surface area contributed by atoms with Gasteiger partial charge >= 0.3 is 5.88 Å². The average molecular weight is 455 g/mol. The molecule has 0 spiro atoms. The van der Waals surface area contributed by atoms with Crippen LogP contribution in [0.2, 0.25) is 10.0 Å². The van der Waals surface area contributed by atoms with Crippen molar-refractivity contribution in [2.45, 2.75) is 0 Å². The monoisotopic (exact) mass is 454 g/mol. The van der Waals surface area contributed by atoms with Crippen molar-refractivity contribution in [1.29, 1.82) is 0 Å². The molecule has 0 aliphatic rings. The molecule has 10 heteroatoms. The van der Waals surface area contributed by atoms with Crippen molar-refractivity contribution in [3.05, 3.63) is 92.1 Å². The highest BCUT2D eigenvalue weighted by atomic mass is 35.5. The summed E-state index contributed by atoms with van der Waals surface area (Å²) in [4.78, 5) is 27.4. The molecule has 0 saturated heterocycles. The minimum absolute atomic E-state index is 0.125. The van der Waals surface area contributed by atoms with E-state index in [-0.39, 0.29) is 5.76 Å². The van der Waals surface area contributed by atoms with Crippen molar-refractivity contribution in [2.24, 2.45) is 5.10 Å². The van der Waals surface area contributed by atoms with E-state index in [0.29, 0.717) is 37.8 Å². The van der Waals surface area contributed by atoms with E-state index >= 15 is 0 Å². The lowest BCUT2D eigenvalue weighted by Gasteiger charge is -2.10. The van der Waals surface area contributed by atoms with Crippen molar-refractivity contribution in [3.63, 3.8) is 0 Å². The summed E-state index contributed by atoms with van der Waals surface area (Å²) in [6.45, 7) is 0. The first-order valence-corrected chi connectivity index (χ1v) is 9.61. The third-order valence-electron chi connectivity index (χ3n) is 4.32. The number of fused-ring (bicyclic) bond motifs is 1. The molecule has 1 amide bonds. The second kappa shape index (κ2) is 8.55. The highest BCUT2D eigenvalue weighted by molar-refractivity contribution is 6.36. The number of aromatic nitrogens is 1. The van der Waals surface area contributed by atoms with E-state index in [2.05, 4.69) is 15.5 Å². The fourth-order valence-corrected chi connectivity index (χ4v) is 3.43. The van der Waals surface area contributed by atoms with E-state index in [0.717, 1.165) is 0 Å². The number of benzene rings is 2. The van der Waals surface area contributed by atoms with E-state index in [4.69, 9.17) is 27.6 Å². The molecule has 2 aromatic carbocycles. The molecule has 2 aromatic heterocycles. The van der Waals surface area contributed by atoms with Gasteiger partial charge in [-0.15, -0.1) is 0 Å². The van der Waals surface area contributed by atoms with Gasteiger partial charge in [0.05, 0.1) is 34.1 Å². The van der Waals surface area contributed by atoms with Gasteiger partial charge in [-0.3, -0.25) is 14.9 Å². The SMILES string of the molecule is O=C(N/N=C/c1ccc([N+](=O)[O-])o1)c1cc(-c2ccc(Cl)cc2Cl)nc2ccccc12. The van der Waals surface area contributed by atoms with Gasteiger partial charge in [0, 0.05) is 16.0 Å². The van der Waals surface area contributed by atoms with Crippen molar-refractivity contribution < 1.29 is 14.1 Å². The number of hydrogen-bond acceptors (Lipinski definition) is 6. The summed E-state index contributed by atoms with van der Waals surface area (Å²) in [5.41, 5.74) is 4.45. The minimum atomic E-state index is -0.664. The van der Waals surface area contributed by atoms with Crippen LogP contribution in [0.5, 0.6) is 0 Å². The van der Waals surface area contributed by atoms with Crippen LogP contribution in [-0.4, -0.2) is 22.0 Å². The van der Waals surface area contributed by atoms with Gasteiger partial charge in [-0.2, -0.15) is 5.10 Å². The largest absolute Gasteiger partial charge is 0.433 e. The topological polar surface area (TPSA) is 111 Å². The number of amides is 1. The maximum absolute atomic E-state index is 12.8. The Morgan fingerprint density at radius 2 is 1.94 bits per heavy atom. The second-order valence-electron chi connectivity index (χ2n) is 6.33. The van der Waals surface area contributed by atoms with Gasteiger partial charge in [-0.05, 0) is 36.4 Å². The number of carbonyl (C=O) groups is 1. The third kappa shape index (κ3) is 4.40. The van der Waals surface area contributed by atoms with Crippen molar-refractivity contribution in [3.8, 4) is 11.3 Å². The standard InChI is InChI=1S/C21H12Cl2N4O4/c22-12-5-7-15(17(23)9-12)19-10-16(14-3-1-2-4-18(14)25-19)21(28)26-24-11-13-6-8-20(31-13)27(29)30/h1-11H,(H,26,28)/b24-11+. The Morgan fingerprint density at radius 1 is 1.13 bits per heavy atom. The molecule has 4 rings (SSSR count). The Kier molecular flexibility index (Phi) is 5.66. The molecule has 8 nitrogen and oxygen atoms in total. The van der Waals surface area contributed by atoms with Gasteiger partial charge in [0.2, 0.25) is 0 Å². The van der Waals surface area contributed by atoms with E-state index in [9.17, 15) is 14.9 Å². The van der Waals surface area contributed by atoms with E-state index in [1.165, 1.54) is 18.3 Å². The summed E-state index contributed by atoms with van der Waals surface area (Å²) >= 11 is 12.3. The number of hydrazone groups is 1. The van der Waals surface area contributed by atoms with Crippen LogP contribution >= 0.6 is 23.2 Å². The van der Waals surface area contributed by atoms with Gasteiger partial charge in [0.15, 0.2) is 5.76 Å². The molecule has 154 valence electrons. The minimum Gasteiger partial charge on any atom is -0.400 e. The fraction of sp³-hybridized carbons (Fsp3) is 0. The predicted molar refractivity (Wildman–Crippen MR) is 118 cm³/mol. The van der Waals surface area contributed by atoms with Gasteiger partial charge in [0.1, 0.15) is 4.92 Å². The van der Waals surface area contributed by atoms with Crippen LogP contribution in [0.4, 0.5) is 5.88 Å². The van der Waals surface area contributed by atoms with Crippen LogP contribution < -0.4 is 5.43 Å². The maximum atomic E-state index is 12.8.